The third kappa shape index (κ3) is 4.31. The molecule has 0 radical (unpaired) electrons. The van der Waals surface area contributed by atoms with Crippen LogP contribution < -0.4 is 0 Å². The third-order valence-corrected chi connectivity index (χ3v) is 6.51. The minimum atomic E-state index is -0.301. The molecule has 0 N–H and O–H groups in total. The molecule has 0 bridgehead atoms. The summed E-state index contributed by atoms with van der Waals surface area (Å²) in [5, 5.41) is 8.30. The number of hydrogen-bond acceptors (Lipinski definition) is 5. The van der Waals surface area contributed by atoms with Gasteiger partial charge in [-0.25, -0.2) is 9.07 Å². The molecule has 3 heterocycles. The van der Waals surface area contributed by atoms with Crippen molar-refractivity contribution in [2.24, 2.45) is 0 Å². The van der Waals surface area contributed by atoms with Gasteiger partial charge in [0, 0.05) is 31.7 Å². The summed E-state index contributed by atoms with van der Waals surface area (Å²) in [6, 6.07) is 13.8. The second kappa shape index (κ2) is 9.34. The molecule has 2 aliphatic rings. The summed E-state index contributed by atoms with van der Waals surface area (Å²) in [6.45, 7) is 4.48. The Balaban J connectivity index is 1.21. The zero-order chi connectivity index (χ0) is 23.7. The molecule has 0 spiro atoms. The number of ether oxygens (including phenoxy) is 1. The Hall–Kier alpha value is -3.59. The van der Waals surface area contributed by atoms with Crippen molar-refractivity contribution in [3.05, 3.63) is 82.4 Å². The topological polar surface area (TPSA) is 80.6 Å². The first kappa shape index (κ1) is 22.2. The van der Waals surface area contributed by atoms with Crippen LogP contribution in [0.1, 0.15) is 50.7 Å². The highest BCUT2D eigenvalue weighted by Crippen LogP contribution is 2.27. The highest BCUT2D eigenvalue weighted by Gasteiger charge is 2.32. The molecule has 0 saturated carbocycles. The summed E-state index contributed by atoms with van der Waals surface area (Å²) in [5.41, 5.74) is 3.63. The molecule has 1 saturated heterocycles. The Morgan fingerprint density at radius 2 is 1.62 bits per heavy atom. The minimum absolute atomic E-state index is 0.0176. The zero-order valence-electron chi connectivity index (χ0n) is 19.0. The van der Waals surface area contributed by atoms with E-state index >= 15 is 0 Å². The maximum Gasteiger partial charge on any atom is 0.276 e. The van der Waals surface area contributed by atoms with Crippen LogP contribution >= 0.6 is 0 Å². The Morgan fingerprint density at radius 1 is 0.971 bits per heavy atom. The second-order valence-electron chi connectivity index (χ2n) is 8.55. The van der Waals surface area contributed by atoms with E-state index in [0.29, 0.717) is 44.0 Å². The van der Waals surface area contributed by atoms with E-state index in [1.165, 1.54) is 17.7 Å². The number of fused-ring (bicyclic) bond motifs is 1. The standard InChI is InChI=1S/C25H26FN5O3/c1-2-17-3-5-19(6-4-17)24(32)29-11-13-30(14-12-29)25(33)23-21-16-34-22(15-31(21)28-27-23)18-7-9-20(26)10-8-18/h3-10,22H,2,11-16H2,1H3. The van der Waals surface area contributed by atoms with Gasteiger partial charge in [0.1, 0.15) is 11.9 Å². The number of halogens is 1. The van der Waals surface area contributed by atoms with E-state index in [4.69, 9.17) is 4.74 Å². The molecule has 1 unspecified atom stereocenters. The van der Waals surface area contributed by atoms with E-state index in [1.54, 1.807) is 26.6 Å². The van der Waals surface area contributed by atoms with Gasteiger partial charge in [0.25, 0.3) is 11.8 Å². The highest BCUT2D eigenvalue weighted by atomic mass is 19.1. The summed E-state index contributed by atoms with van der Waals surface area (Å²) in [6.07, 6.45) is 0.651. The van der Waals surface area contributed by atoms with E-state index in [1.807, 2.05) is 24.3 Å². The van der Waals surface area contributed by atoms with Crippen LogP contribution in [0, 0.1) is 5.82 Å². The quantitative estimate of drug-likeness (QED) is 0.595. The number of amides is 2. The lowest BCUT2D eigenvalue weighted by Crippen LogP contribution is -2.50. The van der Waals surface area contributed by atoms with Crippen molar-refractivity contribution in [1.29, 1.82) is 0 Å². The van der Waals surface area contributed by atoms with Gasteiger partial charge >= 0.3 is 0 Å². The molecule has 2 aliphatic heterocycles. The largest absolute Gasteiger partial charge is 0.365 e. The van der Waals surface area contributed by atoms with Crippen molar-refractivity contribution < 1.29 is 18.7 Å². The molecule has 9 heteroatoms. The van der Waals surface area contributed by atoms with Crippen LogP contribution in [0.4, 0.5) is 4.39 Å². The van der Waals surface area contributed by atoms with Gasteiger partial charge in [-0.3, -0.25) is 9.59 Å². The monoisotopic (exact) mass is 463 g/mol. The summed E-state index contributed by atoms with van der Waals surface area (Å²) < 4.78 is 20.8. The van der Waals surface area contributed by atoms with Crippen molar-refractivity contribution in [3.8, 4) is 0 Å². The molecular formula is C25H26FN5O3. The molecule has 34 heavy (non-hydrogen) atoms. The van der Waals surface area contributed by atoms with Gasteiger partial charge in [-0.15, -0.1) is 5.10 Å². The maximum absolute atomic E-state index is 13.2. The zero-order valence-corrected chi connectivity index (χ0v) is 19.0. The van der Waals surface area contributed by atoms with Gasteiger partial charge in [0.15, 0.2) is 5.69 Å². The minimum Gasteiger partial charge on any atom is -0.365 e. The number of carbonyl (C=O) groups is 2. The van der Waals surface area contributed by atoms with Crippen LogP contribution in [-0.4, -0.2) is 62.8 Å². The molecule has 1 atom stereocenters. The number of rotatable bonds is 4. The Bertz CT molecular complexity index is 1180. The molecule has 0 aliphatic carbocycles. The van der Waals surface area contributed by atoms with Crippen LogP contribution in [0.5, 0.6) is 0 Å². The SMILES string of the molecule is CCc1ccc(C(=O)N2CCN(C(=O)c3nnn4c3COC(c3ccc(F)cc3)C4)CC2)cc1. The number of aromatic nitrogens is 3. The van der Waals surface area contributed by atoms with Crippen LogP contribution in [-0.2, 0) is 24.3 Å². The predicted octanol–water partition coefficient (Wildman–Crippen LogP) is 2.85. The van der Waals surface area contributed by atoms with Crippen molar-refractivity contribution in [2.45, 2.75) is 32.6 Å². The summed E-state index contributed by atoms with van der Waals surface area (Å²) in [5.74, 6) is -0.523. The van der Waals surface area contributed by atoms with E-state index in [0.717, 1.165) is 12.0 Å². The first-order chi connectivity index (χ1) is 16.5. The van der Waals surface area contributed by atoms with E-state index in [2.05, 4.69) is 17.2 Å². The fourth-order valence-electron chi connectivity index (χ4n) is 4.38. The Labute approximate surface area is 196 Å². The molecule has 2 aromatic carbocycles. The van der Waals surface area contributed by atoms with Gasteiger partial charge < -0.3 is 14.5 Å². The van der Waals surface area contributed by atoms with Crippen LogP contribution in [0.25, 0.3) is 0 Å². The van der Waals surface area contributed by atoms with Gasteiger partial charge in [0.2, 0.25) is 0 Å². The Kier molecular flexibility index (Phi) is 6.10. The fourth-order valence-corrected chi connectivity index (χ4v) is 4.38. The van der Waals surface area contributed by atoms with Crippen LogP contribution in [0.3, 0.4) is 0 Å². The van der Waals surface area contributed by atoms with Crippen molar-refractivity contribution in [3.63, 3.8) is 0 Å². The van der Waals surface area contributed by atoms with Crippen molar-refractivity contribution in [2.75, 3.05) is 26.2 Å². The lowest BCUT2D eigenvalue weighted by molar-refractivity contribution is -0.00206. The third-order valence-electron chi connectivity index (χ3n) is 6.51. The van der Waals surface area contributed by atoms with Crippen LogP contribution in [0.15, 0.2) is 48.5 Å². The number of nitrogens with zero attached hydrogens (tertiary/aromatic N) is 5. The molecule has 8 nitrogen and oxygen atoms in total. The second-order valence-corrected chi connectivity index (χ2v) is 8.55. The lowest BCUT2D eigenvalue weighted by atomic mass is 10.1. The molecule has 176 valence electrons. The van der Waals surface area contributed by atoms with Gasteiger partial charge in [-0.1, -0.05) is 36.4 Å². The van der Waals surface area contributed by atoms with Crippen molar-refractivity contribution >= 4 is 11.8 Å². The Morgan fingerprint density at radius 3 is 2.26 bits per heavy atom. The normalized spacial score (nSPS) is 18.0. The number of piperazine rings is 1. The maximum atomic E-state index is 13.2. The lowest BCUT2D eigenvalue weighted by Gasteiger charge is -2.34. The molecule has 1 fully saturated rings. The van der Waals surface area contributed by atoms with Crippen LogP contribution in [0.2, 0.25) is 0 Å². The molecule has 3 aromatic rings. The van der Waals surface area contributed by atoms with Crippen molar-refractivity contribution in [1.82, 2.24) is 24.8 Å². The molecular weight excluding hydrogens is 437 g/mol. The summed E-state index contributed by atoms with van der Waals surface area (Å²) >= 11 is 0. The van der Waals surface area contributed by atoms with E-state index in [-0.39, 0.29) is 36.0 Å². The highest BCUT2D eigenvalue weighted by molar-refractivity contribution is 5.95. The smallest absolute Gasteiger partial charge is 0.276 e. The molecule has 2 amide bonds. The average molecular weight is 464 g/mol. The van der Waals surface area contributed by atoms with E-state index in [9.17, 15) is 14.0 Å². The fraction of sp³-hybridized carbons (Fsp3) is 0.360. The average Bonchev–Trinajstić information content (AvgIpc) is 3.32. The van der Waals surface area contributed by atoms with Gasteiger partial charge in [-0.05, 0) is 41.8 Å². The first-order valence-corrected chi connectivity index (χ1v) is 11.5. The molecule has 5 rings (SSSR count). The number of aryl methyl sites for hydroxylation is 1. The van der Waals surface area contributed by atoms with Gasteiger partial charge in [-0.2, -0.15) is 0 Å². The summed E-state index contributed by atoms with van der Waals surface area (Å²) in [4.78, 5) is 29.5. The number of benzene rings is 2. The molecule has 1 aromatic heterocycles. The summed E-state index contributed by atoms with van der Waals surface area (Å²) in [7, 11) is 0. The predicted molar refractivity (Wildman–Crippen MR) is 122 cm³/mol. The number of hydrogen-bond donors (Lipinski definition) is 0. The number of carbonyl (C=O) groups excluding carboxylic acids is 2. The van der Waals surface area contributed by atoms with E-state index < -0.39 is 0 Å². The van der Waals surface area contributed by atoms with Gasteiger partial charge in [0.05, 0.1) is 18.8 Å². The first-order valence-electron chi connectivity index (χ1n) is 11.5.